The molecule has 2 aromatic rings. The van der Waals surface area contributed by atoms with E-state index < -0.39 is 0 Å². The smallest absolute Gasteiger partial charge is 0.220 e. The van der Waals surface area contributed by atoms with E-state index in [0.29, 0.717) is 24.8 Å². The Kier molecular flexibility index (Phi) is 9.62. The molecule has 8 heteroatoms. The summed E-state index contributed by atoms with van der Waals surface area (Å²) in [4.78, 5) is 20.7. The van der Waals surface area contributed by atoms with Crippen molar-refractivity contribution in [3.8, 4) is 5.82 Å². The van der Waals surface area contributed by atoms with Crippen molar-refractivity contribution >= 4 is 30.7 Å². The van der Waals surface area contributed by atoms with Crippen LogP contribution in [0.4, 0.5) is 0 Å². The first kappa shape index (κ1) is 22.4. The van der Waals surface area contributed by atoms with Crippen molar-refractivity contribution in [3.63, 3.8) is 0 Å². The highest BCUT2D eigenvalue weighted by molar-refractivity contribution is 5.85. The van der Waals surface area contributed by atoms with Crippen LogP contribution in [0, 0.1) is 11.8 Å². The third-order valence-electron chi connectivity index (χ3n) is 4.74. The highest BCUT2D eigenvalue weighted by Crippen LogP contribution is 2.22. The predicted octanol–water partition coefficient (Wildman–Crippen LogP) is 2.75. The van der Waals surface area contributed by atoms with E-state index in [2.05, 4.69) is 27.5 Å². The fourth-order valence-electron chi connectivity index (χ4n) is 3.27. The van der Waals surface area contributed by atoms with Crippen LogP contribution in [0.3, 0.4) is 0 Å². The zero-order valence-corrected chi connectivity index (χ0v) is 16.6. The average molecular weight is 400 g/mol. The van der Waals surface area contributed by atoms with Gasteiger partial charge >= 0.3 is 0 Å². The number of halogens is 2. The maximum Gasteiger partial charge on any atom is 0.220 e. The molecule has 6 nitrogen and oxygen atoms in total. The van der Waals surface area contributed by atoms with E-state index in [-0.39, 0.29) is 30.7 Å². The molecule has 0 bridgehead atoms. The molecule has 2 aromatic heterocycles. The zero-order valence-electron chi connectivity index (χ0n) is 14.9. The van der Waals surface area contributed by atoms with E-state index in [1.165, 1.54) is 12.8 Å². The van der Waals surface area contributed by atoms with Crippen LogP contribution in [0.5, 0.6) is 0 Å². The number of imidazole rings is 1. The third kappa shape index (κ3) is 5.97. The second kappa shape index (κ2) is 11.2. The van der Waals surface area contributed by atoms with Crippen molar-refractivity contribution in [1.29, 1.82) is 0 Å². The quantitative estimate of drug-likeness (QED) is 0.782. The summed E-state index contributed by atoms with van der Waals surface area (Å²) in [5, 5.41) is 6.46. The predicted molar refractivity (Wildman–Crippen MR) is 107 cm³/mol. The molecule has 1 aliphatic heterocycles. The largest absolute Gasteiger partial charge is 0.352 e. The zero-order chi connectivity index (χ0) is 16.8. The maximum atomic E-state index is 12.3. The second-order valence-corrected chi connectivity index (χ2v) is 6.52. The van der Waals surface area contributed by atoms with Crippen molar-refractivity contribution in [2.24, 2.45) is 11.8 Å². The molecule has 0 spiro atoms. The van der Waals surface area contributed by atoms with Gasteiger partial charge in [-0.15, -0.1) is 24.8 Å². The van der Waals surface area contributed by atoms with E-state index in [4.69, 9.17) is 0 Å². The Labute approximate surface area is 167 Å². The third-order valence-corrected chi connectivity index (χ3v) is 4.74. The molecule has 2 unspecified atom stereocenters. The van der Waals surface area contributed by atoms with Crippen molar-refractivity contribution in [3.05, 3.63) is 42.6 Å². The number of carbonyl (C=O) groups excluding carboxylic acids is 1. The molecule has 3 rings (SSSR count). The highest BCUT2D eigenvalue weighted by Gasteiger charge is 2.22. The van der Waals surface area contributed by atoms with Crippen LogP contribution in [0.2, 0.25) is 0 Å². The summed E-state index contributed by atoms with van der Waals surface area (Å²) in [6.07, 6.45) is 10.0. The maximum absolute atomic E-state index is 12.3. The first-order valence-electron chi connectivity index (χ1n) is 8.63. The minimum atomic E-state index is 0. The minimum absolute atomic E-state index is 0. The van der Waals surface area contributed by atoms with E-state index in [1.54, 1.807) is 18.7 Å². The lowest BCUT2D eigenvalue weighted by Gasteiger charge is -2.28. The van der Waals surface area contributed by atoms with Gasteiger partial charge in [0.15, 0.2) is 0 Å². The summed E-state index contributed by atoms with van der Waals surface area (Å²) >= 11 is 0. The normalized spacial score (nSPS) is 17.5. The molecule has 1 aliphatic rings. The van der Waals surface area contributed by atoms with E-state index in [9.17, 15) is 4.79 Å². The number of rotatable bonds is 6. The van der Waals surface area contributed by atoms with Gasteiger partial charge in [0.05, 0.1) is 0 Å². The minimum Gasteiger partial charge on any atom is -0.352 e. The molecular formula is C18H27Cl2N5O. The van der Waals surface area contributed by atoms with Gasteiger partial charge < -0.3 is 10.6 Å². The molecule has 2 atom stereocenters. The molecule has 0 aliphatic carbocycles. The molecule has 1 fully saturated rings. The van der Waals surface area contributed by atoms with Crippen molar-refractivity contribution in [2.75, 3.05) is 13.1 Å². The van der Waals surface area contributed by atoms with Gasteiger partial charge in [0.2, 0.25) is 5.91 Å². The summed E-state index contributed by atoms with van der Waals surface area (Å²) in [5.74, 6) is 1.91. The van der Waals surface area contributed by atoms with Crippen molar-refractivity contribution in [1.82, 2.24) is 25.2 Å². The molecule has 1 saturated heterocycles. The Bertz CT molecular complexity index is 659. The fraction of sp³-hybridized carbons (Fsp3) is 0.500. The Hall–Kier alpha value is -1.63. The lowest BCUT2D eigenvalue weighted by molar-refractivity contribution is -0.122. The SMILES string of the molecule is CC(CC(=O)NCc1cccnc1-n1ccnc1)C1CCCNC1.Cl.Cl. The van der Waals surface area contributed by atoms with Gasteiger partial charge in [0, 0.05) is 37.1 Å². The molecule has 0 saturated carbocycles. The van der Waals surface area contributed by atoms with Crippen LogP contribution in [-0.2, 0) is 11.3 Å². The molecular weight excluding hydrogens is 373 g/mol. The first-order chi connectivity index (χ1) is 11.7. The van der Waals surface area contributed by atoms with Gasteiger partial charge in [-0.2, -0.15) is 0 Å². The van der Waals surface area contributed by atoms with Crippen LogP contribution >= 0.6 is 24.8 Å². The van der Waals surface area contributed by atoms with Gasteiger partial charge in [0.25, 0.3) is 0 Å². The second-order valence-electron chi connectivity index (χ2n) is 6.52. The summed E-state index contributed by atoms with van der Waals surface area (Å²) in [6.45, 7) is 4.79. The average Bonchev–Trinajstić information content (AvgIpc) is 3.15. The summed E-state index contributed by atoms with van der Waals surface area (Å²) < 4.78 is 1.86. The molecule has 144 valence electrons. The van der Waals surface area contributed by atoms with Crippen molar-refractivity contribution < 1.29 is 4.79 Å². The Morgan fingerprint density at radius 3 is 2.96 bits per heavy atom. The molecule has 0 radical (unpaired) electrons. The Morgan fingerprint density at radius 1 is 1.42 bits per heavy atom. The van der Waals surface area contributed by atoms with Gasteiger partial charge in [0.1, 0.15) is 12.1 Å². The first-order valence-corrected chi connectivity index (χ1v) is 8.63. The molecule has 1 amide bonds. The standard InChI is InChI=1S/C18H25N5O.2ClH/c1-14(15-4-2-6-19-11-15)10-17(24)22-12-16-5-3-7-21-18(16)23-9-8-20-13-23;;/h3,5,7-9,13-15,19H,2,4,6,10-12H2,1H3,(H,22,24);2*1H. The van der Waals surface area contributed by atoms with E-state index >= 15 is 0 Å². The summed E-state index contributed by atoms with van der Waals surface area (Å²) in [6, 6.07) is 3.87. The number of hydrogen-bond donors (Lipinski definition) is 2. The number of piperidine rings is 1. The topological polar surface area (TPSA) is 71.8 Å². The molecule has 0 aromatic carbocycles. The highest BCUT2D eigenvalue weighted by atomic mass is 35.5. The Morgan fingerprint density at radius 2 is 2.27 bits per heavy atom. The van der Waals surface area contributed by atoms with Crippen LogP contribution in [0.25, 0.3) is 5.82 Å². The van der Waals surface area contributed by atoms with Crippen molar-refractivity contribution in [2.45, 2.75) is 32.7 Å². The number of amides is 1. The van der Waals surface area contributed by atoms with Crippen LogP contribution in [-0.4, -0.2) is 33.5 Å². The summed E-state index contributed by atoms with van der Waals surface area (Å²) in [7, 11) is 0. The van der Waals surface area contributed by atoms with Gasteiger partial charge in [-0.05, 0) is 43.8 Å². The van der Waals surface area contributed by atoms with E-state index in [0.717, 1.165) is 24.5 Å². The van der Waals surface area contributed by atoms with Crippen LogP contribution < -0.4 is 10.6 Å². The lowest BCUT2D eigenvalue weighted by Crippen LogP contribution is -2.35. The van der Waals surface area contributed by atoms with Crippen LogP contribution in [0.15, 0.2) is 37.1 Å². The fourth-order valence-corrected chi connectivity index (χ4v) is 3.27. The number of nitrogens with zero attached hydrogens (tertiary/aromatic N) is 3. The lowest BCUT2D eigenvalue weighted by atomic mass is 9.85. The Balaban J connectivity index is 0.00000169. The number of pyridine rings is 1. The van der Waals surface area contributed by atoms with E-state index in [1.807, 2.05) is 22.9 Å². The van der Waals surface area contributed by atoms with Crippen LogP contribution in [0.1, 0.15) is 31.7 Å². The van der Waals surface area contributed by atoms with Gasteiger partial charge in [-0.1, -0.05) is 13.0 Å². The van der Waals surface area contributed by atoms with Gasteiger partial charge in [-0.25, -0.2) is 9.97 Å². The molecule has 26 heavy (non-hydrogen) atoms. The molecule has 2 N–H and O–H groups in total. The number of nitrogens with one attached hydrogen (secondary N) is 2. The summed E-state index contributed by atoms with van der Waals surface area (Å²) in [5.41, 5.74) is 0.982. The number of aromatic nitrogens is 3. The monoisotopic (exact) mass is 399 g/mol. The number of hydrogen-bond acceptors (Lipinski definition) is 4. The van der Waals surface area contributed by atoms with Gasteiger partial charge in [-0.3, -0.25) is 9.36 Å². The number of carbonyl (C=O) groups is 1. The molecule has 3 heterocycles.